The standard InChI is InChI=1S/C11H11BrFN5O2/c1-11(13)3-17(4-11)7(19)2-16-6-15-18-5-14-9(12)8(18)10(16)20/h5-6H,2-4H2,1H3. The van der Waals surface area contributed by atoms with Gasteiger partial charge in [-0.3, -0.25) is 14.2 Å². The fraction of sp³-hybridized carbons (Fsp3) is 0.455. The quantitative estimate of drug-likeness (QED) is 0.782. The van der Waals surface area contributed by atoms with Gasteiger partial charge in [-0.05, 0) is 22.9 Å². The molecule has 20 heavy (non-hydrogen) atoms. The van der Waals surface area contributed by atoms with Crippen molar-refractivity contribution in [2.24, 2.45) is 0 Å². The van der Waals surface area contributed by atoms with Gasteiger partial charge in [0.25, 0.3) is 5.56 Å². The number of hydrogen-bond acceptors (Lipinski definition) is 4. The summed E-state index contributed by atoms with van der Waals surface area (Å²) in [5.41, 5.74) is -1.43. The molecule has 1 amide bonds. The molecule has 0 bridgehead atoms. The van der Waals surface area contributed by atoms with Crippen LogP contribution in [0.3, 0.4) is 0 Å². The first-order chi connectivity index (χ1) is 9.37. The van der Waals surface area contributed by atoms with Crippen molar-refractivity contribution in [2.75, 3.05) is 13.1 Å². The number of carbonyl (C=O) groups excluding carboxylic acids is 1. The van der Waals surface area contributed by atoms with Gasteiger partial charge in [-0.25, -0.2) is 13.9 Å². The molecule has 1 aliphatic rings. The van der Waals surface area contributed by atoms with Crippen LogP contribution in [0.4, 0.5) is 4.39 Å². The molecule has 0 radical (unpaired) electrons. The highest BCUT2D eigenvalue weighted by molar-refractivity contribution is 9.10. The van der Waals surface area contributed by atoms with Crippen LogP contribution in [0.5, 0.6) is 0 Å². The zero-order valence-corrected chi connectivity index (χ0v) is 12.2. The number of likely N-dealkylation sites (tertiary alicyclic amines) is 1. The zero-order valence-electron chi connectivity index (χ0n) is 10.6. The van der Waals surface area contributed by atoms with Crippen molar-refractivity contribution in [2.45, 2.75) is 19.1 Å². The first kappa shape index (κ1) is 13.2. The smallest absolute Gasteiger partial charge is 0.281 e. The molecule has 0 saturated carbocycles. The minimum atomic E-state index is -1.32. The Bertz CT molecular complexity index is 745. The summed E-state index contributed by atoms with van der Waals surface area (Å²) in [6.07, 6.45) is 2.67. The van der Waals surface area contributed by atoms with Crippen molar-refractivity contribution >= 4 is 27.4 Å². The second-order valence-electron chi connectivity index (χ2n) is 5.06. The Kier molecular flexibility index (Phi) is 2.89. The highest BCUT2D eigenvalue weighted by atomic mass is 79.9. The number of carbonyl (C=O) groups is 1. The number of hydrogen-bond donors (Lipinski definition) is 0. The molecule has 9 heteroatoms. The Hall–Kier alpha value is -1.77. The second kappa shape index (κ2) is 4.37. The summed E-state index contributed by atoms with van der Waals surface area (Å²) < 4.78 is 16.3. The lowest BCUT2D eigenvalue weighted by Crippen LogP contribution is -2.60. The summed E-state index contributed by atoms with van der Waals surface area (Å²) in [4.78, 5) is 29.4. The topological polar surface area (TPSA) is 72.5 Å². The van der Waals surface area contributed by atoms with E-state index in [1.807, 2.05) is 0 Å². The second-order valence-corrected chi connectivity index (χ2v) is 5.81. The fourth-order valence-corrected chi connectivity index (χ4v) is 2.63. The number of halogens is 2. The molecule has 0 spiro atoms. The van der Waals surface area contributed by atoms with Crippen LogP contribution in [-0.2, 0) is 11.3 Å². The van der Waals surface area contributed by atoms with Gasteiger partial charge in [0.15, 0.2) is 5.52 Å². The highest BCUT2D eigenvalue weighted by Gasteiger charge is 2.41. The molecule has 0 unspecified atom stereocenters. The van der Waals surface area contributed by atoms with Gasteiger partial charge in [0.2, 0.25) is 5.91 Å². The summed E-state index contributed by atoms with van der Waals surface area (Å²) in [6, 6.07) is 0. The monoisotopic (exact) mass is 343 g/mol. The molecule has 2 aromatic heterocycles. The summed E-state index contributed by atoms with van der Waals surface area (Å²) in [5, 5.41) is 3.99. The van der Waals surface area contributed by atoms with Gasteiger partial charge in [-0.1, -0.05) is 0 Å². The summed E-state index contributed by atoms with van der Waals surface area (Å²) >= 11 is 3.16. The number of alkyl halides is 1. The Labute approximate surface area is 121 Å². The molecule has 0 aliphatic carbocycles. The number of rotatable bonds is 2. The van der Waals surface area contributed by atoms with Gasteiger partial charge < -0.3 is 4.90 Å². The first-order valence-corrected chi connectivity index (χ1v) is 6.72. The van der Waals surface area contributed by atoms with E-state index in [-0.39, 0.29) is 36.6 Å². The van der Waals surface area contributed by atoms with Gasteiger partial charge >= 0.3 is 0 Å². The summed E-state index contributed by atoms with van der Waals surface area (Å²) in [7, 11) is 0. The molecule has 3 heterocycles. The van der Waals surface area contributed by atoms with Gasteiger partial charge in [-0.15, -0.1) is 0 Å². The van der Waals surface area contributed by atoms with E-state index in [2.05, 4.69) is 26.0 Å². The van der Waals surface area contributed by atoms with E-state index < -0.39 is 5.67 Å². The molecule has 0 atom stereocenters. The third-order valence-corrected chi connectivity index (χ3v) is 3.76. The van der Waals surface area contributed by atoms with Crippen LogP contribution < -0.4 is 5.56 Å². The molecule has 106 valence electrons. The lowest BCUT2D eigenvalue weighted by atomic mass is 9.99. The minimum absolute atomic E-state index is 0.0621. The molecule has 0 aromatic carbocycles. The third-order valence-electron chi connectivity index (χ3n) is 3.18. The van der Waals surface area contributed by atoms with Gasteiger partial charge in [-0.2, -0.15) is 5.10 Å². The molecule has 1 fully saturated rings. The highest BCUT2D eigenvalue weighted by Crippen LogP contribution is 2.24. The number of aromatic nitrogens is 4. The maximum Gasteiger partial charge on any atom is 0.281 e. The van der Waals surface area contributed by atoms with Crippen molar-refractivity contribution in [3.05, 3.63) is 27.6 Å². The van der Waals surface area contributed by atoms with E-state index in [9.17, 15) is 14.0 Å². The zero-order chi connectivity index (χ0) is 14.5. The summed E-state index contributed by atoms with van der Waals surface area (Å²) in [6.45, 7) is 1.41. The molecule has 0 N–H and O–H groups in total. The molecular formula is C11H11BrFN5O2. The molecule has 3 rings (SSSR count). The van der Waals surface area contributed by atoms with E-state index in [1.165, 1.54) is 33.6 Å². The largest absolute Gasteiger partial charge is 0.335 e. The predicted octanol–water partition coefficient (Wildman–Crippen LogP) is 0.224. The lowest BCUT2D eigenvalue weighted by Gasteiger charge is -2.42. The van der Waals surface area contributed by atoms with Crippen molar-refractivity contribution in [3.8, 4) is 0 Å². The van der Waals surface area contributed by atoms with Crippen LogP contribution in [0, 0.1) is 0 Å². The lowest BCUT2D eigenvalue weighted by molar-refractivity contribution is -0.144. The number of imidazole rings is 1. The van der Waals surface area contributed by atoms with E-state index in [0.29, 0.717) is 4.60 Å². The van der Waals surface area contributed by atoms with Crippen molar-refractivity contribution in [3.63, 3.8) is 0 Å². The molecule has 7 nitrogen and oxygen atoms in total. The van der Waals surface area contributed by atoms with Gasteiger partial charge in [0, 0.05) is 0 Å². The van der Waals surface area contributed by atoms with Crippen LogP contribution >= 0.6 is 15.9 Å². The third kappa shape index (κ3) is 2.11. The Morgan fingerprint density at radius 2 is 2.20 bits per heavy atom. The van der Waals surface area contributed by atoms with Crippen LogP contribution in [0.1, 0.15) is 6.92 Å². The Morgan fingerprint density at radius 3 is 2.85 bits per heavy atom. The number of amides is 1. The number of fused-ring (bicyclic) bond motifs is 1. The van der Waals surface area contributed by atoms with E-state index >= 15 is 0 Å². The maximum absolute atomic E-state index is 13.4. The fourth-order valence-electron chi connectivity index (χ4n) is 2.18. The van der Waals surface area contributed by atoms with E-state index in [4.69, 9.17) is 0 Å². The molecule has 2 aromatic rings. The first-order valence-electron chi connectivity index (χ1n) is 5.92. The van der Waals surface area contributed by atoms with Gasteiger partial charge in [0.05, 0.1) is 13.1 Å². The van der Waals surface area contributed by atoms with E-state index in [0.717, 1.165) is 0 Å². The summed E-state index contributed by atoms with van der Waals surface area (Å²) in [5.74, 6) is -0.302. The maximum atomic E-state index is 13.4. The van der Waals surface area contributed by atoms with Crippen LogP contribution in [0.15, 0.2) is 22.1 Å². The Morgan fingerprint density at radius 1 is 1.50 bits per heavy atom. The van der Waals surface area contributed by atoms with Crippen LogP contribution in [0.2, 0.25) is 0 Å². The number of nitrogens with zero attached hydrogens (tertiary/aromatic N) is 5. The average molecular weight is 344 g/mol. The van der Waals surface area contributed by atoms with Crippen molar-refractivity contribution in [1.82, 2.24) is 24.1 Å². The van der Waals surface area contributed by atoms with Crippen molar-refractivity contribution in [1.29, 1.82) is 0 Å². The van der Waals surface area contributed by atoms with E-state index in [1.54, 1.807) is 0 Å². The van der Waals surface area contributed by atoms with Crippen LogP contribution in [0.25, 0.3) is 5.52 Å². The Balaban J connectivity index is 1.85. The molecule has 1 aliphatic heterocycles. The molecular weight excluding hydrogens is 333 g/mol. The molecule has 1 saturated heterocycles. The van der Waals surface area contributed by atoms with Crippen LogP contribution in [-0.4, -0.2) is 48.7 Å². The van der Waals surface area contributed by atoms with Gasteiger partial charge in [0.1, 0.15) is 29.5 Å². The normalized spacial score (nSPS) is 17.2. The van der Waals surface area contributed by atoms with Crippen molar-refractivity contribution < 1.29 is 9.18 Å². The average Bonchev–Trinajstić information content (AvgIpc) is 2.72. The minimum Gasteiger partial charge on any atom is -0.335 e. The predicted molar refractivity (Wildman–Crippen MR) is 71.0 cm³/mol. The SMILES string of the molecule is CC1(F)CN(C(=O)Cn2cnn3cnc(Br)c3c2=O)C1.